The second-order valence-electron chi connectivity index (χ2n) is 2.58. The van der Waals surface area contributed by atoms with Crippen molar-refractivity contribution in [2.24, 2.45) is 0 Å². The van der Waals surface area contributed by atoms with Gasteiger partial charge in [0.05, 0.1) is 12.6 Å². The van der Waals surface area contributed by atoms with Crippen molar-refractivity contribution in [1.82, 2.24) is 20.1 Å². The molecule has 0 spiro atoms. The summed E-state index contributed by atoms with van der Waals surface area (Å²) in [6.07, 6.45) is 2.65. The number of aromatic nitrogens is 3. The molecule has 1 unspecified atom stereocenters. The molecule has 1 rings (SSSR count). The molecule has 12 heavy (non-hydrogen) atoms. The third-order valence-electron chi connectivity index (χ3n) is 1.49. The first kappa shape index (κ1) is 9.15. The van der Waals surface area contributed by atoms with E-state index in [1.54, 1.807) is 11.0 Å². The molecule has 1 aromatic rings. The number of likely N-dealkylation sites (N-methyl/N-ethyl adjacent to an activating group) is 1. The molecule has 1 atom stereocenters. The van der Waals surface area contributed by atoms with E-state index < -0.39 is 6.10 Å². The number of nitrogens with one attached hydrogen (secondary N) is 1. The normalized spacial score (nSPS) is 13.2. The molecule has 1 heterocycles. The number of aliphatic hydroxyl groups excluding tert-OH is 1. The van der Waals surface area contributed by atoms with Crippen molar-refractivity contribution in [2.75, 3.05) is 13.1 Å². The molecule has 2 N–H and O–H groups in total. The fourth-order valence-corrected chi connectivity index (χ4v) is 0.918. The molecule has 0 aliphatic carbocycles. The molecule has 0 fully saturated rings. The highest BCUT2D eigenvalue weighted by Gasteiger charge is 2.03. The summed E-state index contributed by atoms with van der Waals surface area (Å²) in [4.78, 5) is 3.78. The number of nitrogens with zero attached hydrogens (tertiary/aromatic N) is 3. The number of rotatable bonds is 5. The summed E-state index contributed by atoms with van der Waals surface area (Å²) in [7, 11) is 0. The number of hydrogen-bond acceptors (Lipinski definition) is 4. The molecule has 5 heteroatoms. The molecule has 68 valence electrons. The Morgan fingerprint density at radius 3 is 3.08 bits per heavy atom. The summed E-state index contributed by atoms with van der Waals surface area (Å²) in [6.45, 7) is 3.96. The van der Waals surface area contributed by atoms with E-state index >= 15 is 0 Å². The van der Waals surface area contributed by atoms with Crippen LogP contribution in [0.25, 0.3) is 0 Å². The van der Waals surface area contributed by atoms with E-state index in [1.807, 2.05) is 6.92 Å². The van der Waals surface area contributed by atoms with Gasteiger partial charge in [0.25, 0.3) is 0 Å². The summed E-state index contributed by atoms with van der Waals surface area (Å²) in [5, 5.41) is 16.3. The maximum Gasteiger partial charge on any atom is 0.137 e. The van der Waals surface area contributed by atoms with Crippen LogP contribution in [0.15, 0.2) is 12.7 Å². The summed E-state index contributed by atoms with van der Waals surface area (Å²) in [5.41, 5.74) is 0. The van der Waals surface area contributed by atoms with Gasteiger partial charge in [0.15, 0.2) is 0 Å². The van der Waals surface area contributed by atoms with Crippen LogP contribution in [0.5, 0.6) is 0 Å². The second kappa shape index (κ2) is 4.84. The third-order valence-corrected chi connectivity index (χ3v) is 1.49. The lowest BCUT2D eigenvalue weighted by Crippen LogP contribution is -2.30. The molecule has 0 radical (unpaired) electrons. The van der Waals surface area contributed by atoms with Crippen LogP contribution in [-0.2, 0) is 6.54 Å². The molecule has 0 saturated heterocycles. The maximum atomic E-state index is 9.40. The standard InChI is InChI=1S/C7H14N4O/c1-2-8-3-7(12)4-11-6-9-5-10-11/h5-8,12H,2-4H2,1H3. The van der Waals surface area contributed by atoms with Gasteiger partial charge in [-0.15, -0.1) is 0 Å². The van der Waals surface area contributed by atoms with E-state index in [9.17, 15) is 5.11 Å². The zero-order valence-electron chi connectivity index (χ0n) is 7.14. The molecule has 0 bridgehead atoms. The van der Waals surface area contributed by atoms with Gasteiger partial charge in [0.1, 0.15) is 12.7 Å². The largest absolute Gasteiger partial charge is 0.390 e. The highest BCUT2D eigenvalue weighted by molar-refractivity contribution is 4.62. The van der Waals surface area contributed by atoms with Crippen LogP contribution in [0.4, 0.5) is 0 Å². The first-order valence-corrected chi connectivity index (χ1v) is 4.04. The van der Waals surface area contributed by atoms with E-state index in [4.69, 9.17) is 0 Å². The van der Waals surface area contributed by atoms with E-state index in [-0.39, 0.29) is 0 Å². The number of aliphatic hydroxyl groups is 1. The average Bonchev–Trinajstić information content (AvgIpc) is 2.53. The van der Waals surface area contributed by atoms with Crippen LogP contribution in [0.2, 0.25) is 0 Å². The van der Waals surface area contributed by atoms with Gasteiger partial charge in [-0.2, -0.15) is 5.10 Å². The van der Waals surface area contributed by atoms with Gasteiger partial charge >= 0.3 is 0 Å². The molecule has 5 nitrogen and oxygen atoms in total. The maximum absolute atomic E-state index is 9.40. The average molecular weight is 170 g/mol. The second-order valence-corrected chi connectivity index (χ2v) is 2.58. The van der Waals surface area contributed by atoms with Crippen LogP contribution >= 0.6 is 0 Å². The van der Waals surface area contributed by atoms with Gasteiger partial charge < -0.3 is 10.4 Å². The van der Waals surface area contributed by atoms with Gasteiger partial charge in [-0.3, -0.25) is 4.68 Å². The van der Waals surface area contributed by atoms with Gasteiger partial charge in [0.2, 0.25) is 0 Å². The molecule has 1 aromatic heterocycles. The summed E-state index contributed by atoms with van der Waals surface area (Å²) >= 11 is 0. The zero-order chi connectivity index (χ0) is 8.81. The van der Waals surface area contributed by atoms with Crippen molar-refractivity contribution in [3.8, 4) is 0 Å². The monoisotopic (exact) mass is 170 g/mol. The van der Waals surface area contributed by atoms with E-state index in [2.05, 4.69) is 15.4 Å². The summed E-state index contributed by atoms with van der Waals surface area (Å²) < 4.78 is 1.61. The molecule has 0 amide bonds. The lowest BCUT2D eigenvalue weighted by atomic mass is 10.3. The van der Waals surface area contributed by atoms with Gasteiger partial charge in [-0.1, -0.05) is 6.92 Å². The van der Waals surface area contributed by atoms with Gasteiger partial charge in [-0.25, -0.2) is 4.98 Å². The third kappa shape index (κ3) is 2.98. The Kier molecular flexibility index (Phi) is 3.69. The minimum Gasteiger partial charge on any atom is -0.390 e. The Bertz CT molecular complexity index is 199. The van der Waals surface area contributed by atoms with Crippen LogP contribution in [0.1, 0.15) is 6.92 Å². The summed E-state index contributed by atoms with van der Waals surface area (Å²) in [6, 6.07) is 0. The predicted molar refractivity (Wildman–Crippen MR) is 44.6 cm³/mol. The molecule has 0 aliphatic heterocycles. The van der Waals surface area contributed by atoms with Crippen LogP contribution in [0.3, 0.4) is 0 Å². The Hall–Kier alpha value is -0.940. The quantitative estimate of drug-likeness (QED) is 0.610. The summed E-state index contributed by atoms with van der Waals surface area (Å²) in [5.74, 6) is 0. The Labute approximate surface area is 71.4 Å². The Morgan fingerprint density at radius 1 is 1.67 bits per heavy atom. The molecular formula is C7H14N4O. The Balaban J connectivity index is 2.22. The lowest BCUT2D eigenvalue weighted by Gasteiger charge is -2.09. The lowest BCUT2D eigenvalue weighted by molar-refractivity contribution is 0.147. The molecule has 0 aromatic carbocycles. The van der Waals surface area contributed by atoms with E-state index in [0.717, 1.165) is 6.54 Å². The zero-order valence-corrected chi connectivity index (χ0v) is 7.14. The highest BCUT2D eigenvalue weighted by Crippen LogP contribution is 1.87. The minimum atomic E-state index is -0.397. The fourth-order valence-electron chi connectivity index (χ4n) is 0.918. The van der Waals surface area contributed by atoms with Crippen LogP contribution in [-0.4, -0.2) is 39.1 Å². The van der Waals surface area contributed by atoms with Gasteiger partial charge in [0, 0.05) is 6.54 Å². The smallest absolute Gasteiger partial charge is 0.137 e. The minimum absolute atomic E-state index is 0.397. The van der Waals surface area contributed by atoms with E-state index in [1.165, 1.54) is 6.33 Å². The molecule has 0 saturated carbocycles. The van der Waals surface area contributed by atoms with E-state index in [0.29, 0.717) is 13.1 Å². The predicted octanol–water partition coefficient (Wildman–Crippen LogP) is -0.752. The van der Waals surface area contributed by atoms with Crippen LogP contribution in [0, 0.1) is 0 Å². The van der Waals surface area contributed by atoms with Crippen molar-refractivity contribution >= 4 is 0 Å². The van der Waals surface area contributed by atoms with Crippen molar-refractivity contribution in [1.29, 1.82) is 0 Å². The number of hydrogen-bond donors (Lipinski definition) is 2. The molecular weight excluding hydrogens is 156 g/mol. The first-order valence-electron chi connectivity index (χ1n) is 4.04. The molecule has 0 aliphatic rings. The Morgan fingerprint density at radius 2 is 2.50 bits per heavy atom. The topological polar surface area (TPSA) is 63.0 Å². The van der Waals surface area contributed by atoms with Crippen molar-refractivity contribution in [3.63, 3.8) is 0 Å². The van der Waals surface area contributed by atoms with Crippen molar-refractivity contribution in [3.05, 3.63) is 12.7 Å². The first-order chi connectivity index (χ1) is 5.83. The fraction of sp³-hybridized carbons (Fsp3) is 0.714. The van der Waals surface area contributed by atoms with Gasteiger partial charge in [-0.05, 0) is 6.54 Å². The van der Waals surface area contributed by atoms with Crippen LogP contribution < -0.4 is 5.32 Å². The SMILES string of the molecule is CCNCC(O)Cn1cncn1. The van der Waals surface area contributed by atoms with Crippen molar-refractivity contribution in [2.45, 2.75) is 19.6 Å². The van der Waals surface area contributed by atoms with Crippen molar-refractivity contribution < 1.29 is 5.11 Å². The highest BCUT2D eigenvalue weighted by atomic mass is 16.3.